The lowest BCUT2D eigenvalue weighted by atomic mass is 10.0. The second kappa shape index (κ2) is 8.93. The average Bonchev–Trinajstić information content (AvgIpc) is 2.76. The van der Waals surface area contributed by atoms with Gasteiger partial charge in [0.05, 0.1) is 17.4 Å². The maximum Gasteiger partial charge on any atom is 0.318 e. The lowest BCUT2D eigenvalue weighted by Crippen LogP contribution is -2.50. The van der Waals surface area contributed by atoms with Crippen molar-refractivity contribution >= 4 is 21.9 Å². The normalized spacial score (nSPS) is 19.8. The van der Waals surface area contributed by atoms with Crippen LogP contribution in [0.15, 0.2) is 47.1 Å². The molecular formula is C21H25N5O4S. The molecule has 2 aliphatic rings. The van der Waals surface area contributed by atoms with E-state index in [1.807, 2.05) is 17.0 Å². The first kappa shape index (κ1) is 21.1. The first-order valence-electron chi connectivity index (χ1n) is 10.2. The van der Waals surface area contributed by atoms with E-state index in [0.29, 0.717) is 36.6 Å². The summed E-state index contributed by atoms with van der Waals surface area (Å²) in [6, 6.07) is 8.70. The van der Waals surface area contributed by atoms with E-state index in [4.69, 9.17) is 10.5 Å². The molecule has 2 aliphatic heterocycles. The second-order valence-electron chi connectivity index (χ2n) is 7.66. The van der Waals surface area contributed by atoms with Crippen molar-refractivity contribution < 1.29 is 17.9 Å². The first-order valence-corrected chi connectivity index (χ1v) is 11.8. The lowest BCUT2D eigenvalue weighted by Gasteiger charge is -2.35. The molecule has 0 bridgehead atoms. The summed E-state index contributed by atoms with van der Waals surface area (Å²) in [6.07, 6.45) is 6.17. The molecule has 3 heterocycles. The van der Waals surface area contributed by atoms with Crippen LogP contribution in [0.5, 0.6) is 5.75 Å². The Kier molecular flexibility index (Phi) is 6.08. The van der Waals surface area contributed by atoms with Crippen molar-refractivity contribution in [2.75, 3.05) is 13.2 Å². The molecule has 9 nitrogen and oxygen atoms in total. The fourth-order valence-corrected chi connectivity index (χ4v) is 5.03. The molecule has 1 saturated heterocycles. The maximum absolute atomic E-state index is 12.8. The summed E-state index contributed by atoms with van der Waals surface area (Å²) >= 11 is 0. The molecule has 1 aromatic carbocycles. The van der Waals surface area contributed by atoms with Crippen molar-refractivity contribution in [1.82, 2.24) is 15.2 Å². The van der Waals surface area contributed by atoms with Gasteiger partial charge in [-0.15, -0.1) is 4.40 Å². The zero-order valence-electron chi connectivity index (χ0n) is 17.0. The lowest BCUT2D eigenvalue weighted by molar-refractivity contribution is 0.116. The van der Waals surface area contributed by atoms with Crippen LogP contribution in [0.1, 0.15) is 36.0 Å². The number of amidine groups is 1. The van der Waals surface area contributed by atoms with E-state index in [1.165, 1.54) is 0 Å². The number of ether oxygens (including phenoxy) is 1. The molecule has 4 rings (SSSR count). The number of pyridine rings is 1. The first-order chi connectivity index (χ1) is 14.9. The number of hydrogen-bond acceptors (Lipinski definition) is 6. The number of hydrogen-bond donors (Lipinski definition) is 2. The molecular weight excluding hydrogens is 418 g/mol. The number of likely N-dealkylation sites (tertiary alicyclic amines) is 1. The Labute approximate surface area is 181 Å². The molecule has 1 atom stereocenters. The number of aromatic nitrogens is 1. The average molecular weight is 444 g/mol. The van der Waals surface area contributed by atoms with Gasteiger partial charge in [-0.2, -0.15) is 0 Å². The standard InChI is InChI=1S/C21H25N5O4S/c22-20-19-16(14-31(28,29)25-20)4-3-6-18(19)30-13-17-5-1-2-11-26(17)21(27)24-12-15-7-9-23-10-8-15/h3-4,6-10,17H,1-2,5,11-14H2,(H2,22,25)(H,24,27)/t17-/m1/s1. The highest BCUT2D eigenvalue weighted by atomic mass is 32.2. The van der Waals surface area contributed by atoms with Gasteiger partial charge >= 0.3 is 6.03 Å². The molecule has 2 aromatic rings. The Morgan fingerprint density at radius 3 is 2.84 bits per heavy atom. The van der Waals surface area contributed by atoms with Crippen molar-refractivity contribution in [3.8, 4) is 5.75 Å². The third-order valence-electron chi connectivity index (χ3n) is 5.46. The molecule has 2 amide bonds. The molecule has 0 saturated carbocycles. The summed E-state index contributed by atoms with van der Waals surface area (Å²) in [4.78, 5) is 18.6. The van der Waals surface area contributed by atoms with Gasteiger partial charge in [0, 0.05) is 25.5 Å². The molecule has 3 N–H and O–H groups in total. The Morgan fingerprint density at radius 2 is 2.03 bits per heavy atom. The molecule has 0 spiro atoms. The van der Waals surface area contributed by atoms with Crippen LogP contribution in [-0.2, 0) is 22.3 Å². The van der Waals surface area contributed by atoms with Crippen molar-refractivity contribution in [3.05, 3.63) is 59.4 Å². The van der Waals surface area contributed by atoms with Gasteiger partial charge in [0.25, 0.3) is 10.0 Å². The summed E-state index contributed by atoms with van der Waals surface area (Å²) in [5.74, 6) is 0.219. The SMILES string of the molecule is NC1=NS(=O)(=O)Cc2cccc(OC[C@H]3CCCCN3C(=O)NCc3ccncc3)c21. The molecule has 0 radical (unpaired) electrons. The van der Waals surface area contributed by atoms with E-state index < -0.39 is 10.0 Å². The van der Waals surface area contributed by atoms with E-state index in [2.05, 4.69) is 14.7 Å². The quantitative estimate of drug-likeness (QED) is 0.725. The highest BCUT2D eigenvalue weighted by Gasteiger charge is 2.29. The number of nitrogens with zero attached hydrogens (tertiary/aromatic N) is 3. The third-order valence-corrected chi connectivity index (χ3v) is 6.61. The monoisotopic (exact) mass is 443 g/mol. The van der Waals surface area contributed by atoms with E-state index in [0.717, 1.165) is 24.8 Å². The fourth-order valence-electron chi connectivity index (χ4n) is 3.94. The number of fused-ring (bicyclic) bond motifs is 1. The topological polar surface area (TPSA) is 127 Å². The summed E-state index contributed by atoms with van der Waals surface area (Å²) in [5, 5.41) is 2.96. The summed E-state index contributed by atoms with van der Waals surface area (Å²) < 4.78 is 33.4. The summed E-state index contributed by atoms with van der Waals surface area (Å²) in [7, 11) is -3.60. The van der Waals surface area contributed by atoms with Crippen LogP contribution in [0.3, 0.4) is 0 Å². The molecule has 1 fully saturated rings. The minimum Gasteiger partial charge on any atom is -0.491 e. The highest BCUT2D eigenvalue weighted by Crippen LogP contribution is 2.29. The largest absolute Gasteiger partial charge is 0.491 e. The Hall–Kier alpha value is -3.14. The predicted octanol–water partition coefficient (Wildman–Crippen LogP) is 1.77. The van der Waals surface area contributed by atoms with Crippen LogP contribution in [-0.4, -0.2) is 49.4 Å². The van der Waals surface area contributed by atoms with Crippen molar-refractivity contribution in [1.29, 1.82) is 0 Å². The maximum atomic E-state index is 12.8. The molecule has 10 heteroatoms. The fraction of sp³-hybridized carbons (Fsp3) is 0.381. The number of amides is 2. The van der Waals surface area contributed by atoms with Crippen molar-refractivity contribution in [2.24, 2.45) is 10.1 Å². The minimum atomic E-state index is -3.60. The predicted molar refractivity (Wildman–Crippen MR) is 116 cm³/mol. The third kappa shape index (κ3) is 4.96. The highest BCUT2D eigenvalue weighted by molar-refractivity contribution is 7.89. The summed E-state index contributed by atoms with van der Waals surface area (Å²) in [5.41, 5.74) is 7.98. The minimum absolute atomic E-state index is 0.0626. The number of sulfonamides is 1. The van der Waals surface area contributed by atoms with E-state index in [-0.39, 0.29) is 23.7 Å². The van der Waals surface area contributed by atoms with E-state index >= 15 is 0 Å². The van der Waals surface area contributed by atoms with Gasteiger partial charge in [0.2, 0.25) is 0 Å². The number of benzene rings is 1. The molecule has 0 unspecified atom stereocenters. The molecule has 164 valence electrons. The molecule has 31 heavy (non-hydrogen) atoms. The number of urea groups is 1. The smallest absolute Gasteiger partial charge is 0.318 e. The van der Waals surface area contributed by atoms with Gasteiger partial charge in [-0.25, -0.2) is 13.2 Å². The number of rotatable bonds is 5. The van der Waals surface area contributed by atoms with Crippen molar-refractivity contribution in [3.63, 3.8) is 0 Å². The van der Waals surface area contributed by atoms with Gasteiger partial charge in [-0.1, -0.05) is 12.1 Å². The Balaban J connectivity index is 1.43. The van der Waals surface area contributed by atoms with Crippen LogP contribution in [0.25, 0.3) is 0 Å². The van der Waals surface area contributed by atoms with Crippen LogP contribution in [0.4, 0.5) is 4.79 Å². The van der Waals surface area contributed by atoms with Gasteiger partial charge in [-0.05, 0) is 48.6 Å². The number of nitrogens with one attached hydrogen (secondary N) is 1. The van der Waals surface area contributed by atoms with Crippen molar-refractivity contribution in [2.45, 2.75) is 37.6 Å². The van der Waals surface area contributed by atoms with Crippen LogP contribution < -0.4 is 15.8 Å². The van der Waals surface area contributed by atoms with E-state index in [1.54, 1.807) is 30.6 Å². The number of nitrogens with two attached hydrogens (primary N) is 1. The zero-order valence-corrected chi connectivity index (χ0v) is 17.8. The number of carbonyl (C=O) groups excluding carboxylic acids is 1. The molecule has 0 aliphatic carbocycles. The molecule has 1 aromatic heterocycles. The van der Waals surface area contributed by atoms with E-state index in [9.17, 15) is 13.2 Å². The Morgan fingerprint density at radius 1 is 1.23 bits per heavy atom. The van der Waals surface area contributed by atoms with Crippen LogP contribution in [0, 0.1) is 0 Å². The second-order valence-corrected chi connectivity index (χ2v) is 9.30. The zero-order chi connectivity index (χ0) is 21.8. The number of carbonyl (C=O) groups is 1. The van der Waals surface area contributed by atoms with Gasteiger partial charge < -0.3 is 20.7 Å². The Bertz CT molecular complexity index is 1090. The van der Waals surface area contributed by atoms with Crippen LogP contribution >= 0.6 is 0 Å². The number of piperidine rings is 1. The van der Waals surface area contributed by atoms with Crippen LogP contribution in [0.2, 0.25) is 0 Å². The van der Waals surface area contributed by atoms with Gasteiger partial charge in [-0.3, -0.25) is 4.98 Å². The van der Waals surface area contributed by atoms with Gasteiger partial charge in [0.1, 0.15) is 18.2 Å². The summed E-state index contributed by atoms with van der Waals surface area (Å²) in [6.45, 7) is 1.38. The van der Waals surface area contributed by atoms with Gasteiger partial charge in [0.15, 0.2) is 0 Å².